The van der Waals surface area contributed by atoms with Crippen molar-refractivity contribution in [3.8, 4) is 5.75 Å². The third kappa shape index (κ3) is 3.08. The number of hydrogen-bond donors (Lipinski definition) is 0. The molecule has 3 unspecified atom stereocenters. The summed E-state index contributed by atoms with van der Waals surface area (Å²) in [7, 11) is 0. The molecule has 0 aromatic carbocycles. The van der Waals surface area contributed by atoms with Crippen LogP contribution < -0.4 is 4.74 Å². The van der Waals surface area contributed by atoms with Gasteiger partial charge in [-0.3, -0.25) is 9.88 Å². The number of rotatable bonds is 4. The lowest BCUT2D eigenvalue weighted by molar-refractivity contribution is 0.180. The average Bonchev–Trinajstić information content (AvgIpc) is 2.76. The van der Waals surface area contributed by atoms with Crippen LogP contribution in [-0.4, -0.2) is 35.1 Å². The number of hydrogen-bond acceptors (Lipinski definition) is 3. The van der Waals surface area contributed by atoms with Crippen molar-refractivity contribution in [1.29, 1.82) is 0 Å². The predicted molar refractivity (Wildman–Crippen MR) is 76.4 cm³/mol. The molecule has 0 N–H and O–H groups in total. The maximum atomic E-state index is 5.73. The second-order valence-corrected chi connectivity index (χ2v) is 6.28. The minimum Gasteiger partial charge on any atom is -0.489 e. The van der Waals surface area contributed by atoms with E-state index in [1.807, 2.05) is 12.4 Å². The first-order valence-electron chi connectivity index (χ1n) is 7.55. The van der Waals surface area contributed by atoms with Gasteiger partial charge in [-0.25, -0.2) is 0 Å². The Bertz CT molecular complexity index is 433. The van der Waals surface area contributed by atoms with Crippen molar-refractivity contribution in [1.82, 2.24) is 9.88 Å². The highest BCUT2D eigenvalue weighted by atomic mass is 16.5. The molecule has 0 aliphatic carbocycles. The number of nitrogens with zero attached hydrogens (tertiary/aromatic N) is 2. The molecule has 0 saturated carbocycles. The molecule has 3 atom stereocenters. The highest BCUT2D eigenvalue weighted by Crippen LogP contribution is 2.32. The van der Waals surface area contributed by atoms with Gasteiger partial charge in [-0.05, 0) is 63.6 Å². The highest BCUT2D eigenvalue weighted by Gasteiger charge is 2.33. The molecule has 0 radical (unpaired) electrons. The van der Waals surface area contributed by atoms with Crippen LogP contribution in [0.25, 0.3) is 0 Å². The number of ether oxygens (including phenoxy) is 1. The van der Waals surface area contributed by atoms with Crippen molar-refractivity contribution in [3.05, 3.63) is 24.0 Å². The van der Waals surface area contributed by atoms with E-state index in [2.05, 4.69) is 29.8 Å². The van der Waals surface area contributed by atoms with Gasteiger partial charge in [0.2, 0.25) is 0 Å². The number of aromatic nitrogens is 1. The minimum atomic E-state index is 0.214. The molecule has 2 bridgehead atoms. The van der Waals surface area contributed by atoms with E-state index < -0.39 is 0 Å². The maximum Gasteiger partial charge on any atom is 0.138 e. The van der Waals surface area contributed by atoms with Crippen LogP contribution >= 0.6 is 0 Å². The second-order valence-electron chi connectivity index (χ2n) is 6.28. The first kappa shape index (κ1) is 12.9. The number of piperidine rings is 1. The van der Waals surface area contributed by atoms with Crippen molar-refractivity contribution in [2.24, 2.45) is 5.92 Å². The van der Waals surface area contributed by atoms with Crippen molar-refractivity contribution in [2.75, 3.05) is 13.1 Å². The van der Waals surface area contributed by atoms with Crippen molar-refractivity contribution in [2.45, 2.75) is 51.7 Å². The summed E-state index contributed by atoms with van der Waals surface area (Å²) in [6.45, 7) is 6.72. The topological polar surface area (TPSA) is 25.4 Å². The summed E-state index contributed by atoms with van der Waals surface area (Å²) in [5.74, 6) is 1.88. The molecule has 3 nitrogen and oxygen atoms in total. The van der Waals surface area contributed by atoms with Crippen LogP contribution in [0, 0.1) is 5.92 Å². The molecule has 1 aromatic heterocycles. The molecule has 2 aliphatic heterocycles. The van der Waals surface area contributed by atoms with E-state index in [0.717, 1.165) is 24.1 Å². The molecular formula is C16H24N2O. The Morgan fingerprint density at radius 2 is 2.21 bits per heavy atom. The molecule has 3 rings (SSSR count). The van der Waals surface area contributed by atoms with Gasteiger partial charge >= 0.3 is 0 Å². The van der Waals surface area contributed by atoms with Crippen LogP contribution in [0.2, 0.25) is 0 Å². The zero-order valence-corrected chi connectivity index (χ0v) is 12.0. The summed E-state index contributed by atoms with van der Waals surface area (Å²) in [5, 5.41) is 0. The van der Waals surface area contributed by atoms with Crippen LogP contribution in [0.4, 0.5) is 0 Å². The van der Waals surface area contributed by atoms with Crippen LogP contribution in [0.3, 0.4) is 0 Å². The third-order valence-corrected chi connectivity index (χ3v) is 4.35. The number of pyridine rings is 1. The van der Waals surface area contributed by atoms with E-state index in [-0.39, 0.29) is 6.10 Å². The van der Waals surface area contributed by atoms with Crippen LogP contribution in [-0.2, 0) is 6.42 Å². The zero-order chi connectivity index (χ0) is 13.2. The zero-order valence-electron chi connectivity index (χ0n) is 12.0. The molecule has 2 aliphatic rings. The lowest BCUT2D eigenvalue weighted by Crippen LogP contribution is -2.38. The average molecular weight is 260 g/mol. The molecular weight excluding hydrogens is 236 g/mol. The van der Waals surface area contributed by atoms with Gasteiger partial charge in [0.05, 0.1) is 12.3 Å². The van der Waals surface area contributed by atoms with Gasteiger partial charge in [0.15, 0.2) is 0 Å². The predicted octanol–water partition coefficient (Wildman–Crippen LogP) is 2.90. The van der Waals surface area contributed by atoms with Gasteiger partial charge in [-0.2, -0.15) is 0 Å². The van der Waals surface area contributed by atoms with E-state index in [1.54, 1.807) is 0 Å². The fraction of sp³-hybridized carbons (Fsp3) is 0.688. The van der Waals surface area contributed by atoms with Gasteiger partial charge in [0, 0.05) is 18.8 Å². The lowest BCUT2D eigenvalue weighted by Gasteiger charge is -2.32. The summed E-state index contributed by atoms with van der Waals surface area (Å²) in [5.41, 5.74) is 1.31. The molecule has 0 amide bonds. The van der Waals surface area contributed by atoms with E-state index in [9.17, 15) is 0 Å². The van der Waals surface area contributed by atoms with Gasteiger partial charge in [0.25, 0.3) is 0 Å². The highest BCUT2D eigenvalue weighted by molar-refractivity contribution is 5.24. The van der Waals surface area contributed by atoms with Gasteiger partial charge < -0.3 is 4.74 Å². The molecule has 1 aromatic rings. The van der Waals surface area contributed by atoms with E-state index in [1.165, 1.54) is 37.9 Å². The van der Waals surface area contributed by atoms with Crippen LogP contribution in [0.5, 0.6) is 5.75 Å². The van der Waals surface area contributed by atoms with Crippen LogP contribution in [0.1, 0.15) is 38.7 Å². The maximum absolute atomic E-state index is 5.73. The Morgan fingerprint density at radius 1 is 1.32 bits per heavy atom. The summed E-state index contributed by atoms with van der Waals surface area (Å²) in [4.78, 5) is 6.99. The van der Waals surface area contributed by atoms with Crippen molar-refractivity contribution < 1.29 is 4.74 Å². The summed E-state index contributed by atoms with van der Waals surface area (Å²) in [6, 6.07) is 2.88. The SMILES string of the molecule is CC(C)Oc1cncc(CC2CCC3CCN2C3)c1. The Morgan fingerprint density at radius 3 is 3.05 bits per heavy atom. The molecule has 2 fully saturated rings. The normalized spacial score (nSPS) is 29.7. The quantitative estimate of drug-likeness (QED) is 0.832. The first-order valence-corrected chi connectivity index (χ1v) is 7.55. The summed E-state index contributed by atoms with van der Waals surface area (Å²) >= 11 is 0. The second kappa shape index (κ2) is 5.49. The monoisotopic (exact) mass is 260 g/mol. The Hall–Kier alpha value is -1.09. The standard InChI is InChI=1S/C16H24N2O/c1-12(2)19-16-8-14(9-17-10-16)7-15-4-3-13-5-6-18(15)11-13/h8-10,12-13,15H,3-7,11H2,1-2H3. The molecule has 0 spiro atoms. The van der Waals surface area contributed by atoms with Crippen molar-refractivity contribution >= 4 is 0 Å². The Kier molecular flexibility index (Phi) is 3.74. The van der Waals surface area contributed by atoms with E-state index in [0.29, 0.717) is 0 Å². The van der Waals surface area contributed by atoms with Crippen molar-refractivity contribution in [3.63, 3.8) is 0 Å². The van der Waals surface area contributed by atoms with Gasteiger partial charge in [0.1, 0.15) is 5.75 Å². The fourth-order valence-corrected chi connectivity index (χ4v) is 3.46. The smallest absolute Gasteiger partial charge is 0.138 e. The number of fused-ring (bicyclic) bond motifs is 2. The molecule has 2 saturated heterocycles. The van der Waals surface area contributed by atoms with Gasteiger partial charge in [-0.1, -0.05) is 0 Å². The first-order chi connectivity index (χ1) is 9.20. The molecule has 104 valence electrons. The Balaban J connectivity index is 1.65. The Labute approximate surface area is 116 Å². The van der Waals surface area contributed by atoms with E-state index in [4.69, 9.17) is 4.74 Å². The third-order valence-electron chi connectivity index (χ3n) is 4.35. The molecule has 19 heavy (non-hydrogen) atoms. The fourth-order valence-electron chi connectivity index (χ4n) is 3.46. The summed E-state index contributed by atoms with van der Waals surface area (Å²) in [6.07, 6.45) is 9.31. The van der Waals surface area contributed by atoms with Gasteiger partial charge in [-0.15, -0.1) is 0 Å². The lowest BCUT2D eigenvalue weighted by atomic mass is 9.93. The summed E-state index contributed by atoms with van der Waals surface area (Å²) < 4.78 is 5.73. The molecule has 3 heteroatoms. The van der Waals surface area contributed by atoms with E-state index >= 15 is 0 Å². The minimum absolute atomic E-state index is 0.214. The molecule has 3 heterocycles. The largest absolute Gasteiger partial charge is 0.489 e. The van der Waals surface area contributed by atoms with Crippen LogP contribution in [0.15, 0.2) is 18.5 Å².